The normalized spacial score (nSPS) is 32.8. The molecule has 2 unspecified atom stereocenters. The number of sulfone groups is 1. The van der Waals surface area contributed by atoms with Crippen LogP contribution in [-0.2, 0) is 15.3 Å². The van der Waals surface area contributed by atoms with Gasteiger partial charge in [-0.1, -0.05) is 18.5 Å². The SMILES string of the molecule is CCCC1(c2nc(C3CCS(=O)(=O)C3)no2)CCNC1. The second-order valence-electron chi connectivity index (χ2n) is 6.01. The van der Waals surface area contributed by atoms with Crippen molar-refractivity contribution in [3.05, 3.63) is 11.7 Å². The minimum Gasteiger partial charge on any atom is -0.339 e. The molecule has 2 aliphatic heterocycles. The molecule has 1 aromatic rings. The number of aromatic nitrogens is 2. The second-order valence-corrected chi connectivity index (χ2v) is 8.24. The highest BCUT2D eigenvalue weighted by molar-refractivity contribution is 7.91. The Bertz CT molecular complexity index is 575. The van der Waals surface area contributed by atoms with Gasteiger partial charge in [0.2, 0.25) is 5.89 Å². The Morgan fingerprint density at radius 3 is 2.95 bits per heavy atom. The third-order valence-corrected chi connectivity index (χ3v) is 6.23. The van der Waals surface area contributed by atoms with Gasteiger partial charge in [-0.2, -0.15) is 4.98 Å². The maximum atomic E-state index is 11.5. The molecule has 0 aromatic carbocycles. The molecule has 20 heavy (non-hydrogen) atoms. The van der Waals surface area contributed by atoms with Crippen molar-refractivity contribution in [2.45, 2.75) is 43.9 Å². The number of nitrogens with one attached hydrogen (secondary N) is 1. The summed E-state index contributed by atoms with van der Waals surface area (Å²) in [7, 11) is -2.91. The molecule has 3 heterocycles. The van der Waals surface area contributed by atoms with Crippen LogP contribution in [0.5, 0.6) is 0 Å². The van der Waals surface area contributed by atoms with Crippen LogP contribution in [-0.4, -0.2) is 43.2 Å². The Morgan fingerprint density at radius 2 is 2.35 bits per heavy atom. The first-order valence-corrected chi connectivity index (χ1v) is 9.12. The highest BCUT2D eigenvalue weighted by Crippen LogP contribution is 2.36. The Kier molecular flexibility index (Phi) is 3.58. The van der Waals surface area contributed by atoms with Crippen LogP contribution in [0.4, 0.5) is 0 Å². The van der Waals surface area contributed by atoms with Gasteiger partial charge >= 0.3 is 0 Å². The molecule has 112 valence electrons. The van der Waals surface area contributed by atoms with Crippen molar-refractivity contribution < 1.29 is 12.9 Å². The summed E-state index contributed by atoms with van der Waals surface area (Å²) in [6.45, 7) is 3.99. The van der Waals surface area contributed by atoms with Crippen LogP contribution >= 0.6 is 0 Å². The summed E-state index contributed by atoms with van der Waals surface area (Å²) in [5.41, 5.74) is -0.0581. The summed E-state index contributed by atoms with van der Waals surface area (Å²) >= 11 is 0. The average Bonchev–Trinajstić information content (AvgIpc) is 3.08. The lowest BCUT2D eigenvalue weighted by molar-refractivity contribution is 0.275. The zero-order valence-electron chi connectivity index (χ0n) is 11.8. The highest BCUT2D eigenvalue weighted by Gasteiger charge is 2.41. The van der Waals surface area contributed by atoms with E-state index in [1.54, 1.807) is 0 Å². The summed E-state index contributed by atoms with van der Waals surface area (Å²) in [6.07, 6.45) is 3.70. The smallest absolute Gasteiger partial charge is 0.234 e. The molecule has 3 rings (SSSR count). The van der Waals surface area contributed by atoms with Crippen LogP contribution in [0, 0.1) is 0 Å². The van der Waals surface area contributed by atoms with Gasteiger partial charge in [0.15, 0.2) is 15.7 Å². The summed E-state index contributed by atoms with van der Waals surface area (Å²) in [5, 5.41) is 7.42. The van der Waals surface area contributed by atoms with E-state index in [9.17, 15) is 8.42 Å². The molecular weight excluding hydrogens is 278 g/mol. The Labute approximate surface area is 119 Å². The Morgan fingerprint density at radius 1 is 1.50 bits per heavy atom. The van der Waals surface area contributed by atoms with Gasteiger partial charge in [-0.05, 0) is 25.8 Å². The van der Waals surface area contributed by atoms with E-state index in [-0.39, 0.29) is 22.8 Å². The minimum absolute atomic E-state index is 0.0581. The van der Waals surface area contributed by atoms with Gasteiger partial charge < -0.3 is 9.84 Å². The molecule has 0 radical (unpaired) electrons. The van der Waals surface area contributed by atoms with E-state index in [1.807, 2.05) is 0 Å². The molecular formula is C13H21N3O3S. The zero-order valence-corrected chi connectivity index (χ0v) is 12.6. The van der Waals surface area contributed by atoms with Crippen molar-refractivity contribution in [3.63, 3.8) is 0 Å². The predicted molar refractivity (Wildman–Crippen MR) is 74.4 cm³/mol. The minimum atomic E-state index is -2.91. The third-order valence-electron chi connectivity index (χ3n) is 4.47. The lowest BCUT2D eigenvalue weighted by Crippen LogP contribution is -2.29. The van der Waals surface area contributed by atoms with E-state index >= 15 is 0 Å². The van der Waals surface area contributed by atoms with Crippen LogP contribution in [0.25, 0.3) is 0 Å². The summed E-state index contributed by atoms with van der Waals surface area (Å²) in [6, 6.07) is 0. The molecule has 0 amide bonds. The van der Waals surface area contributed by atoms with Gasteiger partial charge in [0, 0.05) is 12.5 Å². The first kappa shape index (κ1) is 14.0. The second kappa shape index (κ2) is 5.11. The van der Waals surface area contributed by atoms with Gasteiger partial charge in [-0.15, -0.1) is 0 Å². The molecule has 2 saturated heterocycles. The molecule has 0 spiro atoms. The van der Waals surface area contributed by atoms with Gasteiger partial charge in [0.05, 0.1) is 16.9 Å². The molecule has 2 fully saturated rings. The molecule has 7 heteroatoms. The van der Waals surface area contributed by atoms with E-state index in [2.05, 4.69) is 22.4 Å². The van der Waals surface area contributed by atoms with Crippen LogP contribution in [0.2, 0.25) is 0 Å². The topological polar surface area (TPSA) is 85.1 Å². The fourth-order valence-electron chi connectivity index (χ4n) is 3.34. The summed E-state index contributed by atoms with van der Waals surface area (Å²) < 4.78 is 28.6. The van der Waals surface area contributed by atoms with E-state index in [4.69, 9.17) is 4.52 Å². The third kappa shape index (κ3) is 2.48. The van der Waals surface area contributed by atoms with E-state index in [0.29, 0.717) is 18.1 Å². The van der Waals surface area contributed by atoms with Crippen molar-refractivity contribution in [3.8, 4) is 0 Å². The number of hydrogen-bond acceptors (Lipinski definition) is 6. The maximum Gasteiger partial charge on any atom is 0.234 e. The first-order chi connectivity index (χ1) is 9.55. The lowest BCUT2D eigenvalue weighted by atomic mass is 9.82. The zero-order chi connectivity index (χ0) is 14.2. The highest BCUT2D eigenvalue weighted by atomic mass is 32.2. The fourth-order valence-corrected chi connectivity index (χ4v) is 5.08. The molecule has 1 N–H and O–H groups in total. The van der Waals surface area contributed by atoms with E-state index in [1.165, 1.54) is 0 Å². The monoisotopic (exact) mass is 299 g/mol. The molecule has 0 bridgehead atoms. The fraction of sp³-hybridized carbons (Fsp3) is 0.846. The van der Waals surface area contributed by atoms with Crippen molar-refractivity contribution in [1.29, 1.82) is 0 Å². The quantitative estimate of drug-likeness (QED) is 0.893. The summed E-state index contributed by atoms with van der Waals surface area (Å²) in [5.74, 6) is 1.56. The molecule has 6 nitrogen and oxygen atoms in total. The van der Waals surface area contributed by atoms with Crippen molar-refractivity contribution in [1.82, 2.24) is 15.5 Å². The number of hydrogen-bond donors (Lipinski definition) is 1. The molecule has 2 atom stereocenters. The summed E-state index contributed by atoms with van der Waals surface area (Å²) in [4.78, 5) is 4.55. The lowest BCUT2D eigenvalue weighted by Gasteiger charge is -2.22. The number of nitrogens with zero attached hydrogens (tertiary/aromatic N) is 2. The Hall–Kier alpha value is -0.950. The van der Waals surface area contributed by atoms with Crippen LogP contribution in [0.3, 0.4) is 0 Å². The van der Waals surface area contributed by atoms with Crippen molar-refractivity contribution in [2.75, 3.05) is 24.6 Å². The van der Waals surface area contributed by atoms with E-state index in [0.717, 1.165) is 32.4 Å². The van der Waals surface area contributed by atoms with Crippen LogP contribution in [0.1, 0.15) is 50.2 Å². The van der Waals surface area contributed by atoms with E-state index < -0.39 is 9.84 Å². The molecule has 0 saturated carbocycles. The predicted octanol–water partition coefficient (Wildman–Crippen LogP) is 1.00. The van der Waals surface area contributed by atoms with Crippen LogP contribution < -0.4 is 5.32 Å². The van der Waals surface area contributed by atoms with Crippen molar-refractivity contribution in [2.24, 2.45) is 0 Å². The van der Waals surface area contributed by atoms with Gasteiger partial charge in [-0.3, -0.25) is 0 Å². The largest absolute Gasteiger partial charge is 0.339 e. The average molecular weight is 299 g/mol. The van der Waals surface area contributed by atoms with Gasteiger partial charge in [0.1, 0.15) is 0 Å². The van der Waals surface area contributed by atoms with Gasteiger partial charge in [0.25, 0.3) is 0 Å². The first-order valence-electron chi connectivity index (χ1n) is 7.30. The van der Waals surface area contributed by atoms with Gasteiger partial charge in [-0.25, -0.2) is 8.42 Å². The molecule has 0 aliphatic carbocycles. The standard InChI is InChI=1S/C13H21N3O3S/c1-2-4-13(5-6-14-9-13)12-15-11(16-19-12)10-3-7-20(17,18)8-10/h10,14H,2-9H2,1H3. The van der Waals surface area contributed by atoms with Crippen LogP contribution in [0.15, 0.2) is 4.52 Å². The maximum absolute atomic E-state index is 11.5. The number of rotatable bonds is 4. The Balaban J connectivity index is 1.83. The molecule has 2 aliphatic rings. The van der Waals surface area contributed by atoms with Crippen molar-refractivity contribution >= 4 is 9.84 Å². The molecule has 1 aromatic heterocycles.